The van der Waals surface area contributed by atoms with Crippen molar-refractivity contribution in [3.63, 3.8) is 0 Å². The van der Waals surface area contributed by atoms with Crippen molar-refractivity contribution in [1.29, 1.82) is 0 Å². The Morgan fingerprint density at radius 3 is 1.53 bits per heavy atom. The van der Waals surface area contributed by atoms with E-state index < -0.39 is 0 Å². The van der Waals surface area contributed by atoms with Crippen molar-refractivity contribution in [3.05, 3.63) is 146 Å². The van der Waals surface area contributed by atoms with E-state index in [9.17, 15) is 0 Å². The summed E-state index contributed by atoms with van der Waals surface area (Å²) in [6.07, 6.45) is 0. The predicted molar refractivity (Wildman–Crippen MR) is 178 cm³/mol. The van der Waals surface area contributed by atoms with Crippen molar-refractivity contribution in [1.82, 2.24) is 9.97 Å². The fraction of sp³-hybridized carbons (Fsp3) is 0. The van der Waals surface area contributed by atoms with Crippen LogP contribution in [0.3, 0.4) is 0 Å². The number of rotatable bonds is 3. The van der Waals surface area contributed by atoms with Gasteiger partial charge in [-0.2, -0.15) is 0 Å². The van der Waals surface area contributed by atoms with E-state index in [4.69, 9.17) is 14.4 Å². The first kappa shape index (κ1) is 23.9. The van der Waals surface area contributed by atoms with Crippen molar-refractivity contribution < 1.29 is 4.42 Å². The summed E-state index contributed by atoms with van der Waals surface area (Å²) in [5, 5.41) is 9.47. The Morgan fingerprint density at radius 2 is 0.860 bits per heavy atom. The van der Waals surface area contributed by atoms with Crippen LogP contribution in [0.25, 0.3) is 88.2 Å². The number of nitrogens with zero attached hydrogens (tertiary/aromatic N) is 2. The largest absolute Gasteiger partial charge is 0.456 e. The Balaban J connectivity index is 1.32. The molecular formula is C40H24N2O. The lowest BCUT2D eigenvalue weighted by molar-refractivity contribution is 0.669. The third kappa shape index (κ3) is 3.83. The van der Waals surface area contributed by atoms with Crippen LogP contribution >= 0.6 is 0 Å². The van der Waals surface area contributed by atoms with Gasteiger partial charge in [0, 0.05) is 27.5 Å². The molecule has 0 unspecified atom stereocenters. The van der Waals surface area contributed by atoms with Crippen molar-refractivity contribution in [3.8, 4) is 33.9 Å². The monoisotopic (exact) mass is 548 g/mol. The van der Waals surface area contributed by atoms with Crippen molar-refractivity contribution in [2.24, 2.45) is 0 Å². The minimum atomic E-state index is 0.707. The van der Waals surface area contributed by atoms with E-state index in [1.54, 1.807) is 0 Å². The van der Waals surface area contributed by atoms with Gasteiger partial charge < -0.3 is 4.42 Å². The molecule has 0 fully saturated rings. The SMILES string of the molecule is c1ccc(-c2cc(-c3ccccc3)nc(-c3ccc4c(c3)c3ccccc3c3cc5c(cc43)oc3ccccc35)n2)cc1. The van der Waals surface area contributed by atoms with Gasteiger partial charge in [0.05, 0.1) is 11.4 Å². The highest BCUT2D eigenvalue weighted by Crippen LogP contribution is 2.41. The first-order chi connectivity index (χ1) is 21.3. The molecule has 3 heteroatoms. The van der Waals surface area contributed by atoms with E-state index >= 15 is 0 Å². The van der Waals surface area contributed by atoms with Gasteiger partial charge in [-0.3, -0.25) is 0 Å². The molecule has 43 heavy (non-hydrogen) atoms. The van der Waals surface area contributed by atoms with Gasteiger partial charge in [0.25, 0.3) is 0 Å². The first-order valence-electron chi connectivity index (χ1n) is 14.5. The normalized spacial score (nSPS) is 11.7. The third-order valence-electron chi connectivity index (χ3n) is 8.46. The number of benzene rings is 7. The summed E-state index contributed by atoms with van der Waals surface area (Å²) in [5.41, 5.74) is 6.73. The molecule has 0 saturated carbocycles. The maximum absolute atomic E-state index is 6.30. The molecule has 2 aromatic heterocycles. The molecule has 200 valence electrons. The Hall–Kier alpha value is -5.80. The zero-order valence-corrected chi connectivity index (χ0v) is 23.2. The van der Waals surface area contributed by atoms with Crippen molar-refractivity contribution >= 4 is 54.3 Å². The lowest BCUT2D eigenvalue weighted by Crippen LogP contribution is -1.96. The van der Waals surface area contributed by atoms with Gasteiger partial charge >= 0.3 is 0 Å². The summed E-state index contributed by atoms with van der Waals surface area (Å²) in [7, 11) is 0. The summed E-state index contributed by atoms with van der Waals surface area (Å²) >= 11 is 0. The maximum atomic E-state index is 6.30. The molecule has 2 heterocycles. The highest BCUT2D eigenvalue weighted by Gasteiger charge is 2.16. The first-order valence-corrected chi connectivity index (χ1v) is 14.5. The van der Waals surface area contributed by atoms with Gasteiger partial charge in [0.2, 0.25) is 0 Å². The second kappa shape index (κ2) is 9.37. The molecular weight excluding hydrogens is 524 g/mol. The number of para-hydroxylation sites is 1. The maximum Gasteiger partial charge on any atom is 0.160 e. The third-order valence-corrected chi connectivity index (χ3v) is 8.46. The van der Waals surface area contributed by atoms with Crippen LogP contribution in [0, 0.1) is 0 Å². The quantitative estimate of drug-likeness (QED) is 0.206. The van der Waals surface area contributed by atoms with E-state index in [0.29, 0.717) is 5.82 Å². The zero-order chi connectivity index (χ0) is 28.3. The highest BCUT2D eigenvalue weighted by molar-refractivity contribution is 6.28. The van der Waals surface area contributed by atoms with E-state index in [2.05, 4.69) is 97.1 Å². The van der Waals surface area contributed by atoms with Gasteiger partial charge in [-0.25, -0.2) is 9.97 Å². The molecule has 0 N–H and O–H groups in total. The van der Waals surface area contributed by atoms with Crippen LogP contribution in [0.4, 0.5) is 0 Å². The fourth-order valence-electron chi connectivity index (χ4n) is 6.40. The van der Waals surface area contributed by atoms with Crippen LogP contribution < -0.4 is 0 Å². The molecule has 0 aliphatic heterocycles. The number of furan rings is 1. The lowest BCUT2D eigenvalue weighted by atomic mass is 9.92. The molecule has 0 saturated heterocycles. The molecule has 0 aliphatic carbocycles. The number of aromatic nitrogens is 2. The molecule has 0 atom stereocenters. The van der Waals surface area contributed by atoms with E-state index in [0.717, 1.165) is 50.0 Å². The Labute approximate surface area is 247 Å². The molecule has 0 amide bonds. The average molecular weight is 549 g/mol. The zero-order valence-electron chi connectivity index (χ0n) is 23.2. The molecule has 0 bridgehead atoms. The summed E-state index contributed by atoms with van der Waals surface area (Å²) in [4.78, 5) is 10.2. The van der Waals surface area contributed by atoms with Crippen LogP contribution in [0.2, 0.25) is 0 Å². The van der Waals surface area contributed by atoms with Crippen LogP contribution in [0.1, 0.15) is 0 Å². The number of hydrogen-bond acceptors (Lipinski definition) is 3. The predicted octanol–water partition coefficient (Wildman–Crippen LogP) is 10.8. The lowest BCUT2D eigenvalue weighted by Gasteiger charge is -2.13. The minimum absolute atomic E-state index is 0.707. The Kier molecular flexibility index (Phi) is 5.20. The molecule has 7 aromatic carbocycles. The Morgan fingerprint density at radius 1 is 0.326 bits per heavy atom. The Bertz CT molecular complexity index is 2440. The minimum Gasteiger partial charge on any atom is -0.456 e. The summed E-state index contributed by atoms with van der Waals surface area (Å²) in [6.45, 7) is 0. The van der Waals surface area contributed by atoms with Gasteiger partial charge in [0.1, 0.15) is 11.2 Å². The molecule has 9 rings (SSSR count). The molecule has 0 radical (unpaired) electrons. The smallest absolute Gasteiger partial charge is 0.160 e. The van der Waals surface area contributed by atoms with Gasteiger partial charge in [-0.15, -0.1) is 0 Å². The van der Waals surface area contributed by atoms with Crippen molar-refractivity contribution in [2.45, 2.75) is 0 Å². The van der Waals surface area contributed by atoms with Crippen LogP contribution in [0.5, 0.6) is 0 Å². The van der Waals surface area contributed by atoms with Crippen molar-refractivity contribution in [2.75, 3.05) is 0 Å². The summed E-state index contributed by atoms with van der Waals surface area (Å²) in [5.74, 6) is 0.707. The fourth-order valence-corrected chi connectivity index (χ4v) is 6.40. The topological polar surface area (TPSA) is 38.9 Å². The highest BCUT2D eigenvalue weighted by atomic mass is 16.3. The van der Waals surface area contributed by atoms with Gasteiger partial charge in [0.15, 0.2) is 5.82 Å². The molecule has 0 aliphatic rings. The molecule has 0 spiro atoms. The van der Waals surface area contributed by atoms with Gasteiger partial charge in [-0.1, -0.05) is 115 Å². The summed E-state index contributed by atoms with van der Waals surface area (Å²) in [6, 6.07) is 50.8. The summed E-state index contributed by atoms with van der Waals surface area (Å²) < 4.78 is 6.30. The van der Waals surface area contributed by atoms with E-state index in [-0.39, 0.29) is 0 Å². The van der Waals surface area contributed by atoms with Crippen LogP contribution in [-0.4, -0.2) is 9.97 Å². The number of fused-ring (bicyclic) bond motifs is 9. The number of hydrogen-bond donors (Lipinski definition) is 0. The molecule has 9 aromatic rings. The van der Waals surface area contributed by atoms with E-state index in [1.807, 2.05) is 48.5 Å². The second-order valence-electron chi connectivity index (χ2n) is 11.0. The van der Waals surface area contributed by atoms with E-state index in [1.165, 1.54) is 32.3 Å². The van der Waals surface area contributed by atoms with Crippen LogP contribution in [0.15, 0.2) is 150 Å². The second-order valence-corrected chi connectivity index (χ2v) is 11.0. The van der Waals surface area contributed by atoms with Gasteiger partial charge in [-0.05, 0) is 62.6 Å². The van der Waals surface area contributed by atoms with Crippen LogP contribution in [-0.2, 0) is 0 Å². The standard InChI is InChI=1S/C40H24N2O/c1-3-11-25(12-4-1)36-24-37(26-13-5-2-6-14-26)42-40(41-36)27-19-20-30-32(21-27)28-15-7-8-16-29(28)33-22-35-31-17-9-10-18-38(31)43-39(35)23-34(30)33/h1-24H. The molecule has 3 nitrogen and oxygen atoms in total. The average Bonchev–Trinajstić information content (AvgIpc) is 3.45.